The number of hydrogen-bond acceptors (Lipinski definition) is 3. The van der Waals surface area contributed by atoms with Crippen molar-refractivity contribution < 1.29 is 9.53 Å². The highest BCUT2D eigenvalue weighted by Gasteiger charge is 2.62. The number of halogens is 1. The van der Waals surface area contributed by atoms with Gasteiger partial charge in [-0.25, -0.2) is 0 Å². The molecule has 33 heavy (non-hydrogen) atoms. The second-order valence-electron chi connectivity index (χ2n) is 9.89. The molecule has 3 atom stereocenters. The summed E-state index contributed by atoms with van der Waals surface area (Å²) in [5, 5.41) is 3.80. The van der Waals surface area contributed by atoms with Crippen molar-refractivity contribution in [2.24, 2.45) is 23.2 Å². The van der Waals surface area contributed by atoms with Crippen LogP contribution in [-0.4, -0.2) is 24.1 Å². The van der Waals surface area contributed by atoms with Gasteiger partial charge in [-0.3, -0.25) is 9.59 Å². The van der Waals surface area contributed by atoms with Gasteiger partial charge in [-0.15, -0.1) is 0 Å². The predicted octanol–water partition coefficient (Wildman–Crippen LogP) is 4.53. The zero-order chi connectivity index (χ0) is 23.2. The molecule has 5 nitrogen and oxygen atoms in total. The highest BCUT2D eigenvalue weighted by atomic mass is 35.5. The van der Waals surface area contributed by atoms with Crippen LogP contribution >= 0.6 is 11.6 Å². The third-order valence-electron chi connectivity index (χ3n) is 8.02. The fourth-order valence-electron chi connectivity index (χ4n) is 6.27. The number of aryl methyl sites for hydroxylation is 2. The Bertz CT molecular complexity index is 1160. The first-order chi connectivity index (χ1) is 15.9. The molecule has 0 radical (unpaired) electrons. The molecule has 3 aliphatic carbocycles. The summed E-state index contributed by atoms with van der Waals surface area (Å²) >= 11 is 6.13. The van der Waals surface area contributed by atoms with Gasteiger partial charge < -0.3 is 14.6 Å². The van der Waals surface area contributed by atoms with E-state index in [1.807, 2.05) is 35.8 Å². The first-order valence-corrected chi connectivity index (χ1v) is 12.2. The number of aromatic nitrogens is 1. The monoisotopic (exact) mass is 466 g/mol. The van der Waals surface area contributed by atoms with Gasteiger partial charge in [0.15, 0.2) is 5.43 Å². The van der Waals surface area contributed by atoms with E-state index in [1.54, 1.807) is 13.2 Å². The lowest BCUT2D eigenvalue weighted by atomic mass is 9.89. The summed E-state index contributed by atoms with van der Waals surface area (Å²) < 4.78 is 7.45. The Morgan fingerprint density at radius 1 is 1.27 bits per heavy atom. The number of allylic oxidation sites excluding steroid dienone is 2. The van der Waals surface area contributed by atoms with Gasteiger partial charge in [-0.2, -0.15) is 0 Å². The minimum Gasteiger partial charge on any atom is -0.378 e. The standard InChI is InChI=1S/C27H31ClN2O3/c1-17-12-24(31)25(23(16-33-2)30(17)11-8-18-4-3-5-21(28)13-18)26(32)29-15-19-14-20-6-7-22(19)27(20)9-10-27/h3-7,12-13,19-20,22H,8-11,14-16H2,1-2H3,(H,29,32)/t19-,20+,22-/m0/s1. The van der Waals surface area contributed by atoms with E-state index in [1.165, 1.54) is 12.8 Å². The number of hydrogen-bond donors (Lipinski definition) is 1. The van der Waals surface area contributed by atoms with E-state index in [9.17, 15) is 9.59 Å². The van der Waals surface area contributed by atoms with Crippen LogP contribution in [0.15, 0.2) is 47.3 Å². The number of rotatable bonds is 8. The number of benzene rings is 1. The van der Waals surface area contributed by atoms with Crippen LogP contribution in [-0.2, 0) is 24.3 Å². The molecule has 1 amide bonds. The van der Waals surface area contributed by atoms with E-state index in [4.69, 9.17) is 16.3 Å². The molecular formula is C27H31ClN2O3. The van der Waals surface area contributed by atoms with E-state index in [0.717, 1.165) is 24.1 Å². The quantitative estimate of drug-likeness (QED) is 0.581. The summed E-state index contributed by atoms with van der Waals surface area (Å²) in [7, 11) is 1.59. The topological polar surface area (TPSA) is 60.3 Å². The predicted molar refractivity (Wildman–Crippen MR) is 130 cm³/mol. The Morgan fingerprint density at radius 3 is 2.79 bits per heavy atom. The Hall–Kier alpha value is -2.37. The van der Waals surface area contributed by atoms with Gasteiger partial charge in [-0.1, -0.05) is 35.9 Å². The maximum Gasteiger partial charge on any atom is 0.257 e. The van der Waals surface area contributed by atoms with E-state index in [0.29, 0.717) is 47.0 Å². The molecule has 6 heteroatoms. The third-order valence-corrected chi connectivity index (χ3v) is 8.25. The zero-order valence-corrected chi connectivity index (χ0v) is 20.0. The molecule has 2 fully saturated rings. The normalized spacial score (nSPS) is 23.9. The molecule has 1 heterocycles. The number of pyridine rings is 1. The molecule has 0 saturated heterocycles. The smallest absolute Gasteiger partial charge is 0.257 e. The maximum absolute atomic E-state index is 13.3. The molecule has 2 aromatic rings. The minimum atomic E-state index is -0.292. The van der Waals surface area contributed by atoms with Gasteiger partial charge in [0.2, 0.25) is 0 Å². The van der Waals surface area contributed by atoms with E-state index >= 15 is 0 Å². The van der Waals surface area contributed by atoms with Crippen LogP contribution in [0.3, 0.4) is 0 Å². The molecule has 1 aromatic heterocycles. The Kier molecular flexibility index (Phi) is 5.96. The average Bonchev–Trinajstić information content (AvgIpc) is 3.45. The summed E-state index contributed by atoms with van der Waals surface area (Å²) in [5.41, 5.74) is 3.00. The summed E-state index contributed by atoms with van der Waals surface area (Å²) in [6.45, 7) is 3.35. The maximum atomic E-state index is 13.3. The molecule has 1 spiro atoms. The lowest BCUT2D eigenvalue weighted by Gasteiger charge is -2.22. The molecule has 0 unspecified atom stereocenters. The largest absolute Gasteiger partial charge is 0.378 e. The summed E-state index contributed by atoms with van der Waals surface area (Å²) in [6, 6.07) is 9.32. The SMILES string of the molecule is COCc1c(C(=O)NC[C@@H]2C[C@H]3C=C[C@@H]2C32CC2)c(=O)cc(C)n1CCc1cccc(Cl)c1. The van der Waals surface area contributed by atoms with Crippen molar-refractivity contribution in [3.8, 4) is 0 Å². The van der Waals surface area contributed by atoms with Crippen molar-refractivity contribution in [3.63, 3.8) is 0 Å². The van der Waals surface area contributed by atoms with Gasteiger partial charge in [0.25, 0.3) is 5.91 Å². The van der Waals surface area contributed by atoms with Gasteiger partial charge >= 0.3 is 0 Å². The van der Waals surface area contributed by atoms with E-state index in [2.05, 4.69) is 17.5 Å². The fraction of sp³-hybridized carbons (Fsp3) is 0.481. The molecule has 0 aliphatic heterocycles. The van der Waals surface area contributed by atoms with Crippen LogP contribution in [0.25, 0.3) is 0 Å². The van der Waals surface area contributed by atoms with Crippen molar-refractivity contribution in [3.05, 3.63) is 80.2 Å². The van der Waals surface area contributed by atoms with Crippen molar-refractivity contribution in [2.75, 3.05) is 13.7 Å². The summed E-state index contributed by atoms with van der Waals surface area (Å²) in [6.07, 6.45) is 9.25. The highest BCUT2D eigenvalue weighted by Crippen LogP contribution is 2.69. The second kappa shape index (κ2) is 8.77. The van der Waals surface area contributed by atoms with Crippen LogP contribution in [0.4, 0.5) is 0 Å². The Labute approximate surface area is 199 Å². The minimum absolute atomic E-state index is 0.202. The van der Waals surface area contributed by atoms with Crippen LogP contribution < -0.4 is 10.7 Å². The Morgan fingerprint density at radius 2 is 2.09 bits per heavy atom. The van der Waals surface area contributed by atoms with Crippen molar-refractivity contribution in [1.82, 2.24) is 9.88 Å². The molecule has 1 N–H and O–H groups in total. The number of nitrogens with zero attached hydrogens (tertiary/aromatic N) is 1. The summed E-state index contributed by atoms with van der Waals surface area (Å²) in [5.74, 6) is 1.43. The van der Waals surface area contributed by atoms with Gasteiger partial charge in [0.1, 0.15) is 5.56 Å². The van der Waals surface area contributed by atoms with Crippen molar-refractivity contribution >= 4 is 17.5 Å². The first kappa shape index (κ1) is 22.4. The molecule has 3 aliphatic rings. The molecule has 2 saturated carbocycles. The van der Waals surface area contributed by atoms with Gasteiger partial charge in [0, 0.05) is 37.0 Å². The van der Waals surface area contributed by atoms with Crippen LogP contribution in [0.2, 0.25) is 5.02 Å². The number of carbonyl (C=O) groups excluding carboxylic acids is 1. The molecule has 1 aromatic carbocycles. The average molecular weight is 467 g/mol. The van der Waals surface area contributed by atoms with E-state index < -0.39 is 0 Å². The van der Waals surface area contributed by atoms with Crippen molar-refractivity contribution in [2.45, 2.75) is 45.8 Å². The van der Waals surface area contributed by atoms with Gasteiger partial charge in [-0.05, 0) is 73.5 Å². The molecular weight excluding hydrogens is 436 g/mol. The zero-order valence-electron chi connectivity index (χ0n) is 19.3. The van der Waals surface area contributed by atoms with Gasteiger partial charge in [0.05, 0.1) is 12.3 Å². The number of methoxy groups -OCH3 is 1. The number of amides is 1. The summed E-state index contributed by atoms with van der Waals surface area (Å²) in [4.78, 5) is 26.2. The lowest BCUT2D eigenvalue weighted by Crippen LogP contribution is -2.36. The molecule has 174 valence electrons. The van der Waals surface area contributed by atoms with Crippen LogP contribution in [0.5, 0.6) is 0 Å². The van der Waals surface area contributed by atoms with Crippen molar-refractivity contribution in [1.29, 1.82) is 0 Å². The van der Waals surface area contributed by atoms with E-state index in [-0.39, 0.29) is 23.5 Å². The first-order valence-electron chi connectivity index (χ1n) is 11.9. The van der Waals surface area contributed by atoms with Crippen LogP contribution in [0.1, 0.15) is 46.6 Å². The molecule has 5 rings (SSSR count). The Balaban J connectivity index is 1.35. The number of carbonyl (C=O) groups is 1. The lowest BCUT2D eigenvalue weighted by molar-refractivity contribution is 0.0935. The van der Waals surface area contributed by atoms with Crippen LogP contribution in [0, 0.1) is 30.1 Å². The fourth-order valence-corrected chi connectivity index (χ4v) is 6.49. The number of nitrogens with one attached hydrogen (secondary N) is 1. The molecule has 2 bridgehead atoms. The number of ether oxygens (including phenoxy) is 1. The highest BCUT2D eigenvalue weighted by molar-refractivity contribution is 6.30. The third kappa shape index (κ3) is 4.06. The second-order valence-corrected chi connectivity index (χ2v) is 10.3.